The quantitative estimate of drug-likeness (QED) is 0.749. The predicted octanol–water partition coefficient (Wildman–Crippen LogP) is 2.29. The van der Waals surface area contributed by atoms with Gasteiger partial charge in [-0.3, -0.25) is 4.79 Å². The third kappa shape index (κ3) is 4.46. The number of sulfonamides is 1. The van der Waals surface area contributed by atoms with Crippen molar-refractivity contribution in [3.8, 4) is 11.5 Å². The molecule has 29 heavy (non-hydrogen) atoms. The average Bonchev–Trinajstić information content (AvgIpc) is 3.28. The molecule has 2 N–H and O–H groups in total. The molecule has 8 nitrogen and oxygen atoms in total. The van der Waals surface area contributed by atoms with Crippen molar-refractivity contribution >= 4 is 27.3 Å². The Morgan fingerprint density at radius 3 is 2.31 bits per heavy atom. The molecule has 0 atom stereocenters. The molecule has 0 spiro atoms. The maximum Gasteiger partial charge on any atom is 0.243 e. The van der Waals surface area contributed by atoms with Gasteiger partial charge >= 0.3 is 0 Å². The molecule has 9 heteroatoms. The largest absolute Gasteiger partial charge is 0.486 e. The van der Waals surface area contributed by atoms with E-state index in [0.29, 0.717) is 49.2 Å². The first-order chi connectivity index (χ1) is 14.0. The maximum absolute atomic E-state index is 12.5. The van der Waals surface area contributed by atoms with Crippen LogP contribution in [0.15, 0.2) is 47.4 Å². The van der Waals surface area contributed by atoms with Gasteiger partial charge in [-0.2, -0.15) is 4.31 Å². The molecule has 1 amide bonds. The molecule has 2 aromatic carbocycles. The summed E-state index contributed by atoms with van der Waals surface area (Å²) in [5, 5.41) is 5.79. The molecule has 1 fully saturated rings. The lowest BCUT2D eigenvalue weighted by molar-refractivity contribution is -0.114. The molecule has 2 aliphatic rings. The summed E-state index contributed by atoms with van der Waals surface area (Å²) >= 11 is 0. The number of nitrogens with zero attached hydrogens (tertiary/aromatic N) is 1. The molecular weight excluding hydrogens is 394 g/mol. The summed E-state index contributed by atoms with van der Waals surface area (Å²) in [6, 6.07) is 11.7. The van der Waals surface area contributed by atoms with Gasteiger partial charge in [0, 0.05) is 30.5 Å². The lowest BCUT2D eigenvalue weighted by Crippen LogP contribution is -2.27. The Kier molecular flexibility index (Phi) is 5.59. The van der Waals surface area contributed by atoms with E-state index in [1.54, 1.807) is 42.5 Å². The second kappa shape index (κ2) is 8.30. The Balaban J connectivity index is 1.32. The molecule has 0 bridgehead atoms. The van der Waals surface area contributed by atoms with Crippen LogP contribution in [0.5, 0.6) is 11.5 Å². The highest BCUT2D eigenvalue weighted by Gasteiger charge is 2.26. The minimum absolute atomic E-state index is 0.0483. The number of carbonyl (C=O) groups is 1. The smallest absolute Gasteiger partial charge is 0.243 e. The van der Waals surface area contributed by atoms with Crippen molar-refractivity contribution in [1.29, 1.82) is 0 Å². The Morgan fingerprint density at radius 2 is 1.59 bits per heavy atom. The monoisotopic (exact) mass is 417 g/mol. The third-order valence-corrected chi connectivity index (χ3v) is 6.75. The highest BCUT2D eigenvalue weighted by molar-refractivity contribution is 7.89. The van der Waals surface area contributed by atoms with Crippen LogP contribution in [-0.2, 0) is 14.8 Å². The van der Waals surface area contributed by atoms with Crippen LogP contribution in [-0.4, -0.2) is 51.5 Å². The van der Waals surface area contributed by atoms with Gasteiger partial charge < -0.3 is 20.1 Å². The van der Waals surface area contributed by atoms with Crippen LogP contribution < -0.4 is 20.1 Å². The number of hydrogen-bond acceptors (Lipinski definition) is 6. The van der Waals surface area contributed by atoms with Gasteiger partial charge in [-0.05, 0) is 49.2 Å². The first-order valence-corrected chi connectivity index (χ1v) is 11.0. The Labute approximate surface area is 169 Å². The van der Waals surface area contributed by atoms with E-state index in [4.69, 9.17) is 9.47 Å². The minimum atomic E-state index is -3.43. The first kappa shape index (κ1) is 19.5. The van der Waals surface area contributed by atoms with Crippen molar-refractivity contribution in [2.75, 3.05) is 43.5 Å². The van der Waals surface area contributed by atoms with Gasteiger partial charge in [0.2, 0.25) is 15.9 Å². The molecule has 154 valence electrons. The van der Waals surface area contributed by atoms with Gasteiger partial charge in [0.25, 0.3) is 0 Å². The summed E-state index contributed by atoms with van der Waals surface area (Å²) in [6.45, 7) is 2.19. The number of amides is 1. The molecule has 0 radical (unpaired) electrons. The van der Waals surface area contributed by atoms with Crippen LogP contribution in [0.3, 0.4) is 0 Å². The zero-order valence-electron chi connectivity index (χ0n) is 15.9. The Bertz CT molecular complexity index is 986. The average molecular weight is 417 g/mol. The van der Waals surface area contributed by atoms with E-state index in [1.165, 1.54) is 4.31 Å². The lowest BCUT2D eigenvalue weighted by Gasteiger charge is -2.19. The van der Waals surface area contributed by atoms with Crippen LogP contribution in [0.2, 0.25) is 0 Å². The fraction of sp³-hybridized carbons (Fsp3) is 0.350. The number of nitrogens with one attached hydrogen (secondary N) is 2. The van der Waals surface area contributed by atoms with Crippen LogP contribution in [0.25, 0.3) is 0 Å². The summed E-state index contributed by atoms with van der Waals surface area (Å²) in [5.74, 6) is 1.04. The van der Waals surface area contributed by atoms with Crippen LogP contribution in [0, 0.1) is 0 Å². The summed E-state index contributed by atoms with van der Waals surface area (Å²) in [7, 11) is -3.43. The molecule has 2 heterocycles. The molecule has 0 aromatic heterocycles. The van der Waals surface area contributed by atoms with Gasteiger partial charge in [0.05, 0.1) is 11.4 Å². The van der Waals surface area contributed by atoms with Crippen molar-refractivity contribution in [3.05, 3.63) is 42.5 Å². The van der Waals surface area contributed by atoms with Gasteiger partial charge in [-0.1, -0.05) is 0 Å². The molecule has 2 aromatic rings. The van der Waals surface area contributed by atoms with Gasteiger partial charge in [-0.15, -0.1) is 0 Å². The van der Waals surface area contributed by atoms with Crippen molar-refractivity contribution in [2.24, 2.45) is 0 Å². The summed E-state index contributed by atoms with van der Waals surface area (Å²) in [5.41, 5.74) is 1.29. The molecule has 0 unspecified atom stereocenters. The predicted molar refractivity (Wildman–Crippen MR) is 109 cm³/mol. The molecule has 0 saturated carbocycles. The van der Waals surface area contributed by atoms with E-state index in [9.17, 15) is 13.2 Å². The highest BCUT2D eigenvalue weighted by Crippen LogP contribution is 2.32. The van der Waals surface area contributed by atoms with E-state index in [2.05, 4.69) is 10.6 Å². The topological polar surface area (TPSA) is 97.0 Å². The number of ether oxygens (including phenoxy) is 2. The number of hydrogen-bond donors (Lipinski definition) is 2. The molecule has 1 saturated heterocycles. The Morgan fingerprint density at radius 1 is 0.931 bits per heavy atom. The standard InChI is InChI=1S/C20H23N3O5S/c24-20(22-16-5-8-18-19(13-16)28-12-11-27-18)14-21-15-3-6-17(7-4-15)29(25,26)23-9-1-2-10-23/h3-8,13,21H,1-2,9-12,14H2,(H,22,24). The second-order valence-corrected chi connectivity index (χ2v) is 8.83. The Hall–Kier alpha value is -2.78. The van der Waals surface area contributed by atoms with Crippen molar-refractivity contribution in [1.82, 2.24) is 4.31 Å². The zero-order valence-corrected chi connectivity index (χ0v) is 16.7. The SMILES string of the molecule is O=C(CNc1ccc(S(=O)(=O)N2CCCC2)cc1)Nc1ccc2c(c1)OCCO2. The molecule has 0 aliphatic carbocycles. The van der Waals surface area contributed by atoms with Gasteiger partial charge in [0.15, 0.2) is 11.5 Å². The normalized spacial score (nSPS) is 16.4. The van der Waals surface area contributed by atoms with Crippen molar-refractivity contribution in [2.45, 2.75) is 17.7 Å². The van der Waals surface area contributed by atoms with E-state index in [-0.39, 0.29) is 17.3 Å². The zero-order chi connectivity index (χ0) is 20.3. The van der Waals surface area contributed by atoms with E-state index < -0.39 is 10.0 Å². The molecule has 4 rings (SSSR count). The summed E-state index contributed by atoms with van der Waals surface area (Å²) < 4.78 is 37.6. The number of fused-ring (bicyclic) bond motifs is 1. The van der Waals surface area contributed by atoms with E-state index in [1.807, 2.05) is 0 Å². The first-order valence-electron chi connectivity index (χ1n) is 9.56. The summed E-state index contributed by atoms with van der Waals surface area (Å²) in [4.78, 5) is 12.5. The van der Waals surface area contributed by atoms with Crippen LogP contribution in [0.4, 0.5) is 11.4 Å². The van der Waals surface area contributed by atoms with Crippen molar-refractivity contribution in [3.63, 3.8) is 0 Å². The van der Waals surface area contributed by atoms with Crippen molar-refractivity contribution < 1.29 is 22.7 Å². The van der Waals surface area contributed by atoms with E-state index >= 15 is 0 Å². The third-order valence-electron chi connectivity index (χ3n) is 4.84. The fourth-order valence-corrected chi connectivity index (χ4v) is 4.85. The molecular formula is C20H23N3O5S. The summed E-state index contributed by atoms with van der Waals surface area (Å²) in [6.07, 6.45) is 1.80. The number of benzene rings is 2. The van der Waals surface area contributed by atoms with Crippen LogP contribution in [0.1, 0.15) is 12.8 Å². The van der Waals surface area contributed by atoms with E-state index in [0.717, 1.165) is 12.8 Å². The van der Waals surface area contributed by atoms with Crippen LogP contribution >= 0.6 is 0 Å². The molecule has 2 aliphatic heterocycles. The highest BCUT2D eigenvalue weighted by atomic mass is 32.2. The lowest BCUT2D eigenvalue weighted by atomic mass is 10.2. The number of rotatable bonds is 6. The number of anilines is 2. The second-order valence-electron chi connectivity index (χ2n) is 6.90. The van der Waals surface area contributed by atoms with Gasteiger partial charge in [0.1, 0.15) is 13.2 Å². The minimum Gasteiger partial charge on any atom is -0.486 e. The fourth-order valence-electron chi connectivity index (χ4n) is 3.33. The maximum atomic E-state index is 12.5. The number of carbonyl (C=O) groups excluding carboxylic acids is 1. The van der Waals surface area contributed by atoms with Gasteiger partial charge in [-0.25, -0.2) is 8.42 Å².